The SMILES string of the molecule is C#CCCCC(C1=CCCC1)C(C)=C1CCC1. The van der Waals surface area contributed by atoms with E-state index in [9.17, 15) is 0 Å². The fourth-order valence-corrected chi connectivity index (χ4v) is 3.09. The Bertz CT molecular complexity index is 356. The first-order chi connectivity index (χ1) is 8.33. The molecule has 0 heterocycles. The number of hydrogen-bond acceptors (Lipinski definition) is 0. The fourth-order valence-electron chi connectivity index (χ4n) is 3.09. The third-order valence-corrected chi connectivity index (χ3v) is 4.38. The molecule has 0 spiro atoms. The molecule has 0 bridgehead atoms. The van der Waals surface area contributed by atoms with E-state index in [1.807, 2.05) is 0 Å². The summed E-state index contributed by atoms with van der Waals surface area (Å²) < 4.78 is 0. The molecule has 0 aromatic heterocycles. The third kappa shape index (κ3) is 3.03. The van der Waals surface area contributed by atoms with Crippen LogP contribution in [-0.4, -0.2) is 0 Å². The highest BCUT2D eigenvalue weighted by Gasteiger charge is 2.22. The van der Waals surface area contributed by atoms with Crippen molar-refractivity contribution in [1.29, 1.82) is 0 Å². The van der Waals surface area contributed by atoms with E-state index in [1.165, 1.54) is 51.4 Å². The molecule has 2 aliphatic rings. The summed E-state index contributed by atoms with van der Waals surface area (Å²) in [6.45, 7) is 2.37. The lowest BCUT2D eigenvalue weighted by atomic mass is 9.78. The molecular formula is C17H24. The van der Waals surface area contributed by atoms with Crippen molar-refractivity contribution < 1.29 is 0 Å². The highest BCUT2D eigenvalue weighted by atomic mass is 14.3. The minimum absolute atomic E-state index is 0.723. The quantitative estimate of drug-likeness (QED) is 0.352. The predicted molar refractivity (Wildman–Crippen MR) is 74.7 cm³/mol. The topological polar surface area (TPSA) is 0 Å². The van der Waals surface area contributed by atoms with Crippen LogP contribution in [-0.2, 0) is 0 Å². The molecule has 2 rings (SSSR count). The zero-order valence-corrected chi connectivity index (χ0v) is 11.1. The second kappa shape index (κ2) is 6.10. The molecule has 0 N–H and O–H groups in total. The Morgan fingerprint density at radius 1 is 1.35 bits per heavy atom. The van der Waals surface area contributed by atoms with E-state index in [4.69, 9.17) is 6.42 Å². The minimum Gasteiger partial charge on any atom is -0.120 e. The largest absolute Gasteiger partial charge is 0.120 e. The first-order valence-electron chi connectivity index (χ1n) is 7.14. The van der Waals surface area contributed by atoms with Gasteiger partial charge in [-0.25, -0.2) is 0 Å². The lowest BCUT2D eigenvalue weighted by Gasteiger charge is -2.27. The van der Waals surface area contributed by atoms with Crippen molar-refractivity contribution in [3.05, 3.63) is 22.8 Å². The maximum absolute atomic E-state index is 5.36. The van der Waals surface area contributed by atoms with Crippen LogP contribution in [0.2, 0.25) is 0 Å². The molecule has 0 nitrogen and oxygen atoms in total. The molecule has 0 aromatic carbocycles. The lowest BCUT2D eigenvalue weighted by Crippen LogP contribution is -2.11. The normalized spacial score (nSPS) is 20.5. The van der Waals surface area contributed by atoms with Crippen molar-refractivity contribution in [1.82, 2.24) is 0 Å². The van der Waals surface area contributed by atoms with E-state index in [2.05, 4.69) is 18.9 Å². The maximum Gasteiger partial charge on any atom is 0.00863 e. The van der Waals surface area contributed by atoms with Gasteiger partial charge < -0.3 is 0 Å². The Labute approximate surface area is 106 Å². The fraction of sp³-hybridized carbons (Fsp3) is 0.647. The first kappa shape index (κ1) is 12.5. The van der Waals surface area contributed by atoms with Crippen molar-refractivity contribution in [3.8, 4) is 12.3 Å². The minimum atomic E-state index is 0.723. The summed E-state index contributed by atoms with van der Waals surface area (Å²) in [7, 11) is 0. The molecule has 1 unspecified atom stereocenters. The number of allylic oxidation sites excluding steroid dienone is 4. The zero-order chi connectivity index (χ0) is 12.1. The average Bonchev–Trinajstić information content (AvgIpc) is 2.75. The Kier molecular flexibility index (Phi) is 4.49. The molecule has 0 aromatic rings. The molecule has 92 valence electrons. The Balaban J connectivity index is 2.04. The van der Waals surface area contributed by atoms with E-state index in [0.29, 0.717) is 0 Å². The summed E-state index contributed by atoms with van der Waals surface area (Å²) in [6.07, 6.45) is 19.3. The van der Waals surface area contributed by atoms with Crippen LogP contribution in [0.4, 0.5) is 0 Å². The number of unbranched alkanes of at least 4 members (excludes halogenated alkanes) is 1. The van der Waals surface area contributed by atoms with Gasteiger partial charge >= 0.3 is 0 Å². The summed E-state index contributed by atoms with van der Waals surface area (Å²) in [5.41, 5.74) is 5.13. The molecule has 0 heteroatoms. The van der Waals surface area contributed by atoms with E-state index in [-0.39, 0.29) is 0 Å². The molecule has 2 aliphatic carbocycles. The van der Waals surface area contributed by atoms with Gasteiger partial charge in [0.25, 0.3) is 0 Å². The van der Waals surface area contributed by atoms with Crippen molar-refractivity contribution in [2.75, 3.05) is 0 Å². The van der Waals surface area contributed by atoms with Gasteiger partial charge in [-0.05, 0) is 58.3 Å². The van der Waals surface area contributed by atoms with E-state index in [1.54, 1.807) is 16.7 Å². The molecule has 1 saturated carbocycles. The van der Waals surface area contributed by atoms with Crippen molar-refractivity contribution in [2.24, 2.45) is 5.92 Å². The van der Waals surface area contributed by atoms with Gasteiger partial charge in [-0.15, -0.1) is 12.3 Å². The van der Waals surface area contributed by atoms with Crippen LogP contribution >= 0.6 is 0 Å². The van der Waals surface area contributed by atoms with Gasteiger partial charge in [-0.2, -0.15) is 0 Å². The Morgan fingerprint density at radius 2 is 2.18 bits per heavy atom. The molecule has 1 atom stereocenters. The highest BCUT2D eigenvalue weighted by Crippen LogP contribution is 2.39. The van der Waals surface area contributed by atoms with Gasteiger partial charge in [0.1, 0.15) is 0 Å². The number of terminal acetylenes is 1. The molecule has 0 amide bonds. The summed E-state index contributed by atoms with van der Waals surface area (Å²) in [5, 5.41) is 0. The molecule has 0 radical (unpaired) electrons. The van der Waals surface area contributed by atoms with Gasteiger partial charge in [0.05, 0.1) is 0 Å². The van der Waals surface area contributed by atoms with E-state index < -0.39 is 0 Å². The summed E-state index contributed by atoms with van der Waals surface area (Å²) in [5.74, 6) is 3.50. The van der Waals surface area contributed by atoms with Gasteiger partial charge in [0.15, 0.2) is 0 Å². The van der Waals surface area contributed by atoms with Crippen LogP contribution in [0.25, 0.3) is 0 Å². The third-order valence-electron chi connectivity index (χ3n) is 4.38. The van der Waals surface area contributed by atoms with Crippen molar-refractivity contribution in [2.45, 2.75) is 64.7 Å². The maximum atomic E-state index is 5.36. The first-order valence-corrected chi connectivity index (χ1v) is 7.14. The summed E-state index contributed by atoms with van der Waals surface area (Å²) in [4.78, 5) is 0. The molecule has 0 saturated heterocycles. The van der Waals surface area contributed by atoms with Gasteiger partial charge in [0, 0.05) is 12.3 Å². The van der Waals surface area contributed by atoms with Crippen LogP contribution in [0.1, 0.15) is 64.7 Å². The second-order valence-corrected chi connectivity index (χ2v) is 5.46. The van der Waals surface area contributed by atoms with Crippen LogP contribution < -0.4 is 0 Å². The number of rotatable bonds is 5. The Hall–Kier alpha value is -0.960. The van der Waals surface area contributed by atoms with Crippen molar-refractivity contribution in [3.63, 3.8) is 0 Å². The molecule has 1 fully saturated rings. The average molecular weight is 228 g/mol. The standard InChI is InChI=1S/C17H24/c1-3-4-5-13-17(16-9-6-7-10-16)14(2)15-11-8-12-15/h1,9,17H,4-8,10-13H2,2H3. The van der Waals surface area contributed by atoms with Crippen LogP contribution in [0, 0.1) is 18.3 Å². The monoisotopic (exact) mass is 228 g/mol. The second-order valence-electron chi connectivity index (χ2n) is 5.46. The molecule has 0 aliphatic heterocycles. The van der Waals surface area contributed by atoms with E-state index in [0.717, 1.165) is 12.3 Å². The van der Waals surface area contributed by atoms with Gasteiger partial charge in [-0.3, -0.25) is 0 Å². The van der Waals surface area contributed by atoms with Crippen molar-refractivity contribution >= 4 is 0 Å². The molecular weight excluding hydrogens is 204 g/mol. The predicted octanol–water partition coefficient (Wildman–Crippen LogP) is 5.02. The smallest absolute Gasteiger partial charge is 0.00863 e. The van der Waals surface area contributed by atoms with E-state index >= 15 is 0 Å². The van der Waals surface area contributed by atoms with Gasteiger partial charge in [-0.1, -0.05) is 22.8 Å². The van der Waals surface area contributed by atoms with Gasteiger partial charge in [0.2, 0.25) is 0 Å². The number of hydrogen-bond donors (Lipinski definition) is 0. The lowest BCUT2D eigenvalue weighted by molar-refractivity contribution is 0.559. The Morgan fingerprint density at radius 3 is 2.71 bits per heavy atom. The van der Waals surface area contributed by atoms with Crippen LogP contribution in [0.5, 0.6) is 0 Å². The highest BCUT2D eigenvalue weighted by molar-refractivity contribution is 5.28. The zero-order valence-electron chi connectivity index (χ0n) is 11.1. The summed E-state index contributed by atoms with van der Waals surface area (Å²) in [6, 6.07) is 0. The summed E-state index contributed by atoms with van der Waals surface area (Å²) >= 11 is 0. The molecule has 17 heavy (non-hydrogen) atoms. The van der Waals surface area contributed by atoms with Crippen LogP contribution in [0.3, 0.4) is 0 Å². The van der Waals surface area contributed by atoms with Crippen LogP contribution in [0.15, 0.2) is 22.8 Å².